The van der Waals surface area contributed by atoms with Crippen molar-refractivity contribution >= 4 is 0 Å². The summed E-state index contributed by atoms with van der Waals surface area (Å²) in [6.45, 7) is 8.52. The Morgan fingerprint density at radius 2 is 2.27 bits per heavy atom. The van der Waals surface area contributed by atoms with Crippen LogP contribution in [0.2, 0.25) is 0 Å². The van der Waals surface area contributed by atoms with E-state index in [1.165, 1.54) is 6.42 Å². The molecular weight excluding hydrogens is 138 g/mol. The predicted octanol–water partition coefficient (Wildman–Crippen LogP) is 1.76. The third-order valence-corrected chi connectivity index (χ3v) is 2.22. The van der Waals surface area contributed by atoms with E-state index in [0.29, 0.717) is 0 Å². The van der Waals surface area contributed by atoms with Crippen molar-refractivity contribution in [1.82, 2.24) is 5.32 Å². The molecule has 1 unspecified atom stereocenters. The zero-order valence-corrected chi connectivity index (χ0v) is 7.81. The van der Waals surface area contributed by atoms with Crippen LogP contribution in [0.1, 0.15) is 33.6 Å². The second-order valence-corrected chi connectivity index (χ2v) is 3.94. The largest absolute Gasteiger partial charge is 0.360 e. The van der Waals surface area contributed by atoms with Crippen LogP contribution in [0.3, 0.4) is 0 Å². The molecule has 0 aliphatic carbocycles. The van der Waals surface area contributed by atoms with Gasteiger partial charge in [-0.15, -0.1) is 0 Å². The average molecular weight is 157 g/mol. The van der Waals surface area contributed by atoms with Gasteiger partial charge >= 0.3 is 0 Å². The molecule has 1 rings (SSSR count). The van der Waals surface area contributed by atoms with Crippen molar-refractivity contribution < 1.29 is 4.74 Å². The number of ether oxygens (including phenoxy) is 1. The van der Waals surface area contributed by atoms with E-state index in [2.05, 4.69) is 26.1 Å². The van der Waals surface area contributed by atoms with Gasteiger partial charge in [-0.3, -0.25) is 5.32 Å². The van der Waals surface area contributed by atoms with Crippen LogP contribution in [-0.2, 0) is 4.74 Å². The second kappa shape index (κ2) is 3.55. The maximum atomic E-state index is 5.58. The van der Waals surface area contributed by atoms with Gasteiger partial charge in [0.2, 0.25) is 0 Å². The van der Waals surface area contributed by atoms with Gasteiger partial charge in [-0.05, 0) is 25.7 Å². The van der Waals surface area contributed by atoms with Crippen LogP contribution in [0.4, 0.5) is 0 Å². The normalized spacial score (nSPS) is 31.6. The van der Waals surface area contributed by atoms with Crippen molar-refractivity contribution in [3.05, 3.63) is 0 Å². The quantitative estimate of drug-likeness (QED) is 0.674. The van der Waals surface area contributed by atoms with Gasteiger partial charge in [0.05, 0.1) is 6.61 Å². The number of nitrogens with one attached hydrogen (secondary N) is 1. The lowest BCUT2D eigenvalue weighted by atomic mass is 10.0. The predicted molar refractivity (Wildman–Crippen MR) is 46.4 cm³/mol. The molecule has 1 heterocycles. The second-order valence-electron chi connectivity index (χ2n) is 3.94. The zero-order valence-electron chi connectivity index (χ0n) is 7.81. The van der Waals surface area contributed by atoms with E-state index in [9.17, 15) is 0 Å². The Morgan fingerprint density at radius 3 is 2.73 bits per heavy atom. The Bertz CT molecular complexity index is 117. The molecule has 1 aliphatic rings. The summed E-state index contributed by atoms with van der Waals surface area (Å²) in [5, 5.41) is 3.37. The van der Waals surface area contributed by atoms with E-state index in [-0.39, 0.29) is 5.72 Å². The van der Waals surface area contributed by atoms with Crippen LogP contribution >= 0.6 is 0 Å². The first-order valence-electron chi connectivity index (χ1n) is 4.51. The van der Waals surface area contributed by atoms with Crippen molar-refractivity contribution in [2.45, 2.75) is 39.3 Å². The fourth-order valence-corrected chi connectivity index (χ4v) is 1.37. The van der Waals surface area contributed by atoms with E-state index in [1.807, 2.05) is 0 Å². The fourth-order valence-electron chi connectivity index (χ4n) is 1.37. The highest BCUT2D eigenvalue weighted by Gasteiger charge is 2.28. The molecule has 0 bridgehead atoms. The first-order chi connectivity index (χ1) is 5.12. The summed E-state index contributed by atoms with van der Waals surface area (Å²) in [5.74, 6) is 0.776. The van der Waals surface area contributed by atoms with Gasteiger partial charge in [0.15, 0.2) is 0 Å². The van der Waals surface area contributed by atoms with Crippen molar-refractivity contribution in [3.8, 4) is 0 Å². The summed E-state index contributed by atoms with van der Waals surface area (Å²) in [5.41, 5.74) is -0.0235. The Morgan fingerprint density at radius 1 is 1.55 bits per heavy atom. The molecule has 0 aromatic rings. The van der Waals surface area contributed by atoms with E-state index in [0.717, 1.165) is 25.5 Å². The molecule has 0 spiro atoms. The minimum Gasteiger partial charge on any atom is -0.360 e. The van der Waals surface area contributed by atoms with Crippen LogP contribution in [0, 0.1) is 5.92 Å². The molecule has 1 fully saturated rings. The number of rotatable bonds is 3. The van der Waals surface area contributed by atoms with E-state index in [4.69, 9.17) is 4.74 Å². The summed E-state index contributed by atoms with van der Waals surface area (Å²) in [4.78, 5) is 0. The lowest BCUT2D eigenvalue weighted by molar-refractivity contribution is -0.00443. The van der Waals surface area contributed by atoms with Gasteiger partial charge in [-0.2, -0.15) is 0 Å². The van der Waals surface area contributed by atoms with Crippen LogP contribution in [0.15, 0.2) is 0 Å². The molecule has 2 nitrogen and oxygen atoms in total. The molecule has 1 saturated heterocycles. The third-order valence-electron chi connectivity index (χ3n) is 2.22. The van der Waals surface area contributed by atoms with Crippen LogP contribution in [0.5, 0.6) is 0 Å². The SMILES string of the molecule is CC(C)CCC1(C)NCCO1. The van der Waals surface area contributed by atoms with Gasteiger partial charge in [-0.25, -0.2) is 0 Å². The Hall–Kier alpha value is -0.0800. The van der Waals surface area contributed by atoms with Gasteiger partial charge in [0.25, 0.3) is 0 Å². The van der Waals surface area contributed by atoms with Gasteiger partial charge in [0.1, 0.15) is 5.72 Å². The Balaban J connectivity index is 2.23. The van der Waals surface area contributed by atoms with E-state index in [1.54, 1.807) is 0 Å². The van der Waals surface area contributed by atoms with Crippen molar-refractivity contribution in [2.75, 3.05) is 13.2 Å². The van der Waals surface area contributed by atoms with Gasteiger partial charge in [-0.1, -0.05) is 13.8 Å². The van der Waals surface area contributed by atoms with Crippen molar-refractivity contribution in [1.29, 1.82) is 0 Å². The highest BCUT2D eigenvalue weighted by Crippen LogP contribution is 2.20. The molecule has 0 aromatic carbocycles. The highest BCUT2D eigenvalue weighted by atomic mass is 16.5. The summed E-state index contributed by atoms with van der Waals surface area (Å²) < 4.78 is 5.58. The first kappa shape index (κ1) is 9.01. The van der Waals surface area contributed by atoms with Crippen LogP contribution < -0.4 is 5.32 Å². The standard InChI is InChI=1S/C9H19NO/c1-8(2)4-5-9(3)10-6-7-11-9/h8,10H,4-7H2,1-3H3. The summed E-state index contributed by atoms with van der Waals surface area (Å²) in [6.07, 6.45) is 2.37. The van der Waals surface area contributed by atoms with Crippen molar-refractivity contribution in [3.63, 3.8) is 0 Å². The maximum Gasteiger partial charge on any atom is 0.116 e. The topological polar surface area (TPSA) is 21.3 Å². The molecule has 0 aromatic heterocycles. The minimum absolute atomic E-state index is 0.0235. The number of hydrogen-bond acceptors (Lipinski definition) is 2. The minimum atomic E-state index is -0.0235. The Labute approximate surface area is 69.3 Å². The highest BCUT2D eigenvalue weighted by molar-refractivity contribution is 4.77. The third kappa shape index (κ3) is 2.80. The smallest absolute Gasteiger partial charge is 0.116 e. The monoisotopic (exact) mass is 157 g/mol. The Kier molecular flexibility index (Phi) is 2.90. The van der Waals surface area contributed by atoms with Crippen molar-refractivity contribution in [2.24, 2.45) is 5.92 Å². The lowest BCUT2D eigenvalue weighted by Gasteiger charge is -2.24. The molecule has 0 amide bonds. The molecule has 0 saturated carbocycles. The molecule has 1 aliphatic heterocycles. The number of hydrogen-bond donors (Lipinski definition) is 1. The van der Waals surface area contributed by atoms with Gasteiger partial charge in [0, 0.05) is 6.54 Å². The summed E-state index contributed by atoms with van der Waals surface area (Å²) in [6, 6.07) is 0. The van der Waals surface area contributed by atoms with Crippen LogP contribution in [-0.4, -0.2) is 18.9 Å². The molecular formula is C9H19NO. The molecule has 0 radical (unpaired) electrons. The molecule has 1 atom stereocenters. The zero-order chi connectivity index (χ0) is 8.32. The summed E-state index contributed by atoms with van der Waals surface area (Å²) >= 11 is 0. The molecule has 1 N–H and O–H groups in total. The van der Waals surface area contributed by atoms with Gasteiger partial charge < -0.3 is 4.74 Å². The maximum absolute atomic E-state index is 5.58. The molecule has 66 valence electrons. The van der Waals surface area contributed by atoms with Crippen LogP contribution in [0.25, 0.3) is 0 Å². The molecule has 11 heavy (non-hydrogen) atoms. The average Bonchev–Trinajstić information content (AvgIpc) is 2.33. The lowest BCUT2D eigenvalue weighted by Crippen LogP contribution is -2.37. The first-order valence-corrected chi connectivity index (χ1v) is 4.51. The van der Waals surface area contributed by atoms with E-state index < -0.39 is 0 Å². The fraction of sp³-hybridized carbons (Fsp3) is 1.00. The summed E-state index contributed by atoms with van der Waals surface area (Å²) in [7, 11) is 0. The molecule has 2 heteroatoms. The van der Waals surface area contributed by atoms with E-state index >= 15 is 0 Å².